The molecule has 0 spiro atoms. The number of Topliss-reactive ketones (excluding diaryl/α,β-unsaturated/α-hetero) is 1. The molecule has 5 nitrogen and oxygen atoms in total. The van der Waals surface area contributed by atoms with E-state index >= 15 is 0 Å². The second-order valence-electron chi connectivity index (χ2n) is 6.56. The summed E-state index contributed by atoms with van der Waals surface area (Å²) in [5.41, 5.74) is 1.76. The van der Waals surface area contributed by atoms with Gasteiger partial charge in [-0.05, 0) is 43.3 Å². The molecule has 4 rings (SSSR count). The van der Waals surface area contributed by atoms with E-state index in [4.69, 9.17) is 4.74 Å². The molecule has 0 amide bonds. The number of ether oxygens (including phenoxy) is 1. The van der Waals surface area contributed by atoms with Gasteiger partial charge in [0.2, 0.25) is 0 Å². The molecule has 1 aromatic heterocycles. The van der Waals surface area contributed by atoms with Gasteiger partial charge in [0.05, 0.1) is 29.0 Å². The van der Waals surface area contributed by atoms with Gasteiger partial charge in [0, 0.05) is 5.56 Å². The molecule has 0 aliphatic heterocycles. The molecule has 150 valence electrons. The van der Waals surface area contributed by atoms with Crippen LogP contribution in [0.5, 0.6) is 5.75 Å². The van der Waals surface area contributed by atoms with Gasteiger partial charge in [-0.3, -0.25) is 14.2 Å². The zero-order valence-corrected chi connectivity index (χ0v) is 17.3. The van der Waals surface area contributed by atoms with Crippen LogP contribution in [-0.4, -0.2) is 27.7 Å². The Morgan fingerprint density at radius 2 is 1.67 bits per heavy atom. The van der Waals surface area contributed by atoms with Crippen molar-refractivity contribution in [2.45, 2.75) is 12.1 Å². The fraction of sp³-hybridized carbons (Fsp3) is 0.125. The zero-order chi connectivity index (χ0) is 20.9. The minimum atomic E-state index is -0.167. The summed E-state index contributed by atoms with van der Waals surface area (Å²) in [7, 11) is 0. The van der Waals surface area contributed by atoms with Crippen LogP contribution in [-0.2, 0) is 0 Å². The van der Waals surface area contributed by atoms with Crippen molar-refractivity contribution in [3.63, 3.8) is 0 Å². The van der Waals surface area contributed by atoms with Crippen molar-refractivity contribution in [1.29, 1.82) is 0 Å². The molecular formula is C24H20N2O3S. The van der Waals surface area contributed by atoms with Crippen LogP contribution in [0, 0.1) is 0 Å². The summed E-state index contributed by atoms with van der Waals surface area (Å²) in [5, 5.41) is 1.01. The van der Waals surface area contributed by atoms with Gasteiger partial charge in [0.15, 0.2) is 10.9 Å². The SMILES string of the molecule is CCOc1ccc(-n2c(SCC(=O)c3ccccc3)nc3ccccc3c2=O)cc1. The molecule has 1 heterocycles. The van der Waals surface area contributed by atoms with Crippen molar-refractivity contribution in [2.75, 3.05) is 12.4 Å². The molecule has 4 aromatic rings. The van der Waals surface area contributed by atoms with E-state index in [-0.39, 0.29) is 17.1 Å². The maximum Gasteiger partial charge on any atom is 0.266 e. The smallest absolute Gasteiger partial charge is 0.266 e. The minimum absolute atomic E-state index is 0.0127. The second kappa shape index (κ2) is 8.97. The highest BCUT2D eigenvalue weighted by molar-refractivity contribution is 7.99. The first-order chi connectivity index (χ1) is 14.7. The first-order valence-electron chi connectivity index (χ1n) is 9.63. The Kier molecular flexibility index (Phi) is 5.95. The number of rotatable bonds is 7. The fourth-order valence-corrected chi connectivity index (χ4v) is 4.04. The molecule has 3 aromatic carbocycles. The lowest BCUT2D eigenvalue weighted by atomic mass is 10.2. The lowest BCUT2D eigenvalue weighted by molar-refractivity contribution is 0.102. The Balaban J connectivity index is 1.74. The van der Waals surface area contributed by atoms with Crippen LogP contribution in [0.3, 0.4) is 0 Å². The molecule has 0 aliphatic carbocycles. The number of fused-ring (bicyclic) bond motifs is 1. The predicted octanol–water partition coefficient (Wildman–Crippen LogP) is 4.76. The summed E-state index contributed by atoms with van der Waals surface area (Å²) in [6.45, 7) is 2.49. The van der Waals surface area contributed by atoms with Crippen molar-refractivity contribution in [3.05, 3.63) is 94.8 Å². The summed E-state index contributed by atoms with van der Waals surface area (Å²) in [5.74, 6) is 0.906. The lowest BCUT2D eigenvalue weighted by Crippen LogP contribution is -2.22. The number of carbonyl (C=O) groups excluding carboxylic acids is 1. The van der Waals surface area contributed by atoms with Crippen LogP contribution < -0.4 is 10.3 Å². The standard InChI is InChI=1S/C24H20N2O3S/c1-2-29-19-14-12-18(13-15-19)26-23(28)20-10-6-7-11-21(20)25-24(26)30-16-22(27)17-8-4-3-5-9-17/h3-15H,2,16H2,1H3. The van der Waals surface area contributed by atoms with Crippen LogP contribution in [0.2, 0.25) is 0 Å². The number of hydrogen-bond acceptors (Lipinski definition) is 5. The third kappa shape index (κ3) is 4.14. The van der Waals surface area contributed by atoms with E-state index in [0.717, 1.165) is 5.75 Å². The molecule has 0 N–H and O–H groups in total. The van der Waals surface area contributed by atoms with Gasteiger partial charge in [-0.2, -0.15) is 0 Å². The third-order valence-electron chi connectivity index (χ3n) is 4.58. The highest BCUT2D eigenvalue weighted by Crippen LogP contribution is 2.23. The number of carbonyl (C=O) groups is 1. The molecule has 0 saturated heterocycles. The minimum Gasteiger partial charge on any atom is -0.494 e. The van der Waals surface area contributed by atoms with Gasteiger partial charge >= 0.3 is 0 Å². The van der Waals surface area contributed by atoms with Crippen molar-refractivity contribution in [3.8, 4) is 11.4 Å². The Bertz CT molecular complexity index is 1240. The first kappa shape index (κ1) is 19.9. The monoisotopic (exact) mass is 416 g/mol. The largest absolute Gasteiger partial charge is 0.494 e. The number of benzene rings is 3. The van der Waals surface area contributed by atoms with Crippen LogP contribution >= 0.6 is 11.8 Å². The topological polar surface area (TPSA) is 61.2 Å². The number of aromatic nitrogens is 2. The van der Waals surface area contributed by atoms with Gasteiger partial charge < -0.3 is 4.74 Å². The third-order valence-corrected chi connectivity index (χ3v) is 5.52. The summed E-state index contributed by atoms with van der Waals surface area (Å²) in [6, 6.07) is 23.7. The first-order valence-corrected chi connectivity index (χ1v) is 10.6. The van der Waals surface area contributed by atoms with Crippen molar-refractivity contribution < 1.29 is 9.53 Å². The molecule has 0 fully saturated rings. The van der Waals surface area contributed by atoms with E-state index in [1.807, 2.05) is 67.6 Å². The molecule has 30 heavy (non-hydrogen) atoms. The van der Waals surface area contributed by atoms with Crippen molar-refractivity contribution in [1.82, 2.24) is 9.55 Å². The second-order valence-corrected chi connectivity index (χ2v) is 7.50. The van der Waals surface area contributed by atoms with Gasteiger partial charge in [0.25, 0.3) is 5.56 Å². The van der Waals surface area contributed by atoms with E-state index in [9.17, 15) is 9.59 Å². The normalized spacial score (nSPS) is 10.8. The highest BCUT2D eigenvalue weighted by Gasteiger charge is 2.15. The van der Waals surface area contributed by atoms with Crippen LogP contribution in [0.25, 0.3) is 16.6 Å². The average Bonchev–Trinajstić information content (AvgIpc) is 2.79. The Labute approximate surface area is 178 Å². The zero-order valence-electron chi connectivity index (χ0n) is 16.4. The van der Waals surface area contributed by atoms with Gasteiger partial charge in [0.1, 0.15) is 5.75 Å². The predicted molar refractivity (Wildman–Crippen MR) is 120 cm³/mol. The van der Waals surface area contributed by atoms with Crippen LogP contribution in [0.1, 0.15) is 17.3 Å². The summed E-state index contributed by atoms with van der Waals surface area (Å²) >= 11 is 1.26. The molecule has 0 saturated carbocycles. The maximum absolute atomic E-state index is 13.3. The van der Waals surface area contributed by atoms with Gasteiger partial charge in [-0.15, -0.1) is 0 Å². The van der Waals surface area contributed by atoms with E-state index in [1.54, 1.807) is 22.8 Å². The van der Waals surface area contributed by atoms with Crippen LogP contribution in [0.15, 0.2) is 88.8 Å². The Hall–Kier alpha value is -3.38. The molecule has 0 radical (unpaired) electrons. The quantitative estimate of drug-likeness (QED) is 0.247. The molecule has 0 unspecified atom stereocenters. The molecule has 0 aliphatic rings. The van der Waals surface area contributed by atoms with Crippen molar-refractivity contribution >= 4 is 28.4 Å². The Morgan fingerprint density at radius 1 is 0.967 bits per heavy atom. The highest BCUT2D eigenvalue weighted by atomic mass is 32.2. The summed E-state index contributed by atoms with van der Waals surface area (Å²) < 4.78 is 7.06. The van der Waals surface area contributed by atoms with E-state index < -0.39 is 0 Å². The maximum atomic E-state index is 13.3. The average molecular weight is 417 g/mol. The molecule has 0 atom stereocenters. The van der Waals surface area contributed by atoms with Crippen LogP contribution in [0.4, 0.5) is 0 Å². The number of ketones is 1. The number of nitrogens with zero attached hydrogens (tertiary/aromatic N) is 2. The molecular weight excluding hydrogens is 396 g/mol. The summed E-state index contributed by atoms with van der Waals surface area (Å²) in [4.78, 5) is 30.5. The van der Waals surface area contributed by atoms with Crippen molar-refractivity contribution in [2.24, 2.45) is 0 Å². The lowest BCUT2D eigenvalue weighted by Gasteiger charge is -2.13. The van der Waals surface area contributed by atoms with E-state index in [2.05, 4.69) is 4.98 Å². The van der Waals surface area contributed by atoms with E-state index in [1.165, 1.54) is 11.8 Å². The Morgan fingerprint density at radius 3 is 2.40 bits per heavy atom. The number of hydrogen-bond donors (Lipinski definition) is 0. The van der Waals surface area contributed by atoms with Gasteiger partial charge in [-0.1, -0.05) is 54.2 Å². The molecule has 6 heteroatoms. The molecule has 0 bridgehead atoms. The fourth-order valence-electron chi connectivity index (χ4n) is 3.13. The number of para-hydroxylation sites is 1. The number of thioether (sulfide) groups is 1. The summed E-state index contributed by atoms with van der Waals surface area (Å²) in [6.07, 6.45) is 0. The van der Waals surface area contributed by atoms with Gasteiger partial charge in [-0.25, -0.2) is 4.98 Å². The van der Waals surface area contributed by atoms with E-state index in [0.29, 0.717) is 33.9 Å².